The van der Waals surface area contributed by atoms with E-state index < -0.39 is 0 Å². The second-order valence-electron chi connectivity index (χ2n) is 6.75. The highest BCUT2D eigenvalue weighted by Crippen LogP contribution is 2.50. The van der Waals surface area contributed by atoms with Crippen molar-refractivity contribution in [3.8, 4) is 0 Å². The maximum atomic E-state index is 6.20. The van der Waals surface area contributed by atoms with Crippen LogP contribution < -0.4 is 5.73 Å². The Bertz CT molecular complexity index is 612. The number of thioether (sulfide) groups is 1. The zero-order chi connectivity index (χ0) is 16.7. The molecule has 0 aliphatic carbocycles. The van der Waals surface area contributed by atoms with Gasteiger partial charge >= 0.3 is 0 Å². The van der Waals surface area contributed by atoms with E-state index in [4.69, 9.17) is 15.2 Å². The van der Waals surface area contributed by atoms with Gasteiger partial charge in [-0.1, -0.05) is 0 Å². The molecule has 8 heteroatoms. The molecule has 4 rings (SSSR count). The molecule has 24 heavy (non-hydrogen) atoms. The van der Waals surface area contributed by atoms with Crippen molar-refractivity contribution in [3.63, 3.8) is 0 Å². The first kappa shape index (κ1) is 16.5. The van der Waals surface area contributed by atoms with Crippen LogP contribution in [0.1, 0.15) is 24.7 Å². The number of rotatable bonds is 3. The minimum Gasteiger partial charge on any atom is -0.383 e. The summed E-state index contributed by atoms with van der Waals surface area (Å²) in [6.07, 6.45) is 2.95. The van der Waals surface area contributed by atoms with Crippen LogP contribution in [0.2, 0.25) is 0 Å². The molecule has 3 aliphatic heterocycles. The lowest BCUT2D eigenvalue weighted by atomic mass is 10.1. The first-order chi connectivity index (χ1) is 11.6. The first-order valence-corrected chi connectivity index (χ1v) is 9.48. The molecule has 3 aliphatic rings. The van der Waals surface area contributed by atoms with Crippen molar-refractivity contribution >= 4 is 17.6 Å². The van der Waals surface area contributed by atoms with Gasteiger partial charge in [0.25, 0.3) is 0 Å². The van der Waals surface area contributed by atoms with Crippen LogP contribution in [0.15, 0.2) is 6.20 Å². The molecule has 1 aromatic rings. The zero-order valence-corrected chi connectivity index (χ0v) is 15.1. The molecule has 0 aromatic carbocycles. The van der Waals surface area contributed by atoms with E-state index in [9.17, 15) is 0 Å². The van der Waals surface area contributed by atoms with Crippen molar-refractivity contribution in [2.75, 3.05) is 38.6 Å². The number of hydrogen-bond donors (Lipinski definition) is 1. The maximum Gasteiger partial charge on any atom is 0.133 e. The standard InChI is InChI=1S/C16H25N5O2S/c1-11-18-9-12(14(17)19-11)10-21-15(20-4-7-22-8-5-20)24-13-3-6-23-16(13,21)2/h9,13,15H,3-8,10H2,1-2H3,(H2,17,18,19). The fraction of sp³-hybridized carbons (Fsp3) is 0.750. The second-order valence-corrected chi connectivity index (χ2v) is 8.01. The third kappa shape index (κ3) is 2.80. The summed E-state index contributed by atoms with van der Waals surface area (Å²) in [5.41, 5.74) is 7.14. The van der Waals surface area contributed by atoms with E-state index in [1.165, 1.54) is 0 Å². The molecular formula is C16H25N5O2S. The highest BCUT2D eigenvalue weighted by atomic mass is 32.2. The summed E-state index contributed by atoms with van der Waals surface area (Å²) in [7, 11) is 0. The fourth-order valence-electron chi connectivity index (χ4n) is 3.77. The monoisotopic (exact) mass is 351 g/mol. The molecule has 3 saturated heterocycles. The van der Waals surface area contributed by atoms with Crippen molar-refractivity contribution in [1.82, 2.24) is 19.8 Å². The predicted octanol–water partition coefficient (Wildman–Crippen LogP) is 1.04. The Morgan fingerprint density at radius 3 is 2.92 bits per heavy atom. The molecule has 0 spiro atoms. The van der Waals surface area contributed by atoms with Crippen LogP contribution >= 0.6 is 11.8 Å². The number of ether oxygens (including phenoxy) is 2. The van der Waals surface area contributed by atoms with Crippen LogP contribution in [0, 0.1) is 6.92 Å². The van der Waals surface area contributed by atoms with Crippen LogP contribution in [0.3, 0.4) is 0 Å². The van der Waals surface area contributed by atoms with Gasteiger partial charge in [-0.15, -0.1) is 11.8 Å². The molecule has 0 radical (unpaired) electrons. The molecule has 4 heterocycles. The minimum atomic E-state index is -0.259. The number of nitrogens with zero attached hydrogens (tertiary/aromatic N) is 4. The van der Waals surface area contributed by atoms with Crippen LogP contribution in [-0.4, -0.2) is 69.2 Å². The number of anilines is 1. The summed E-state index contributed by atoms with van der Waals surface area (Å²) < 4.78 is 11.7. The lowest BCUT2D eigenvalue weighted by Gasteiger charge is -2.41. The summed E-state index contributed by atoms with van der Waals surface area (Å²) in [5.74, 6) is 1.27. The number of nitrogen functional groups attached to an aromatic ring is 1. The maximum absolute atomic E-state index is 6.20. The van der Waals surface area contributed by atoms with Gasteiger partial charge in [-0.05, 0) is 20.3 Å². The zero-order valence-electron chi connectivity index (χ0n) is 14.3. The summed E-state index contributed by atoms with van der Waals surface area (Å²) in [5, 5.41) is 0.484. The Morgan fingerprint density at radius 1 is 1.38 bits per heavy atom. The lowest BCUT2D eigenvalue weighted by Crippen LogP contribution is -2.55. The molecule has 3 atom stereocenters. The SMILES string of the molecule is Cc1ncc(CN2C(N3CCOCC3)SC3CCOC32C)c(N)n1. The Kier molecular flexibility index (Phi) is 4.42. The molecule has 0 amide bonds. The molecule has 3 unspecified atom stereocenters. The molecule has 132 valence electrons. The molecule has 7 nitrogen and oxygen atoms in total. The molecule has 0 saturated carbocycles. The van der Waals surface area contributed by atoms with E-state index in [0.717, 1.165) is 44.9 Å². The molecular weight excluding hydrogens is 326 g/mol. The second kappa shape index (κ2) is 6.42. The van der Waals surface area contributed by atoms with Gasteiger partial charge < -0.3 is 15.2 Å². The smallest absolute Gasteiger partial charge is 0.133 e. The number of hydrogen-bond acceptors (Lipinski definition) is 8. The van der Waals surface area contributed by atoms with E-state index in [0.29, 0.717) is 23.4 Å². The van der Waals surface area contributed by atoms with Gasteiger partial charge in [0, 0.05) is 31.4 Å². The first-order valence-electron chi connectivity index (χ1n) is 8.54. The van der Waals surface area contributed by atoms with Gasteiger partial charge in [0.2, 0.25) is 0 Å². The lowest BCUT2D eigenvalue weighted by molar-refractivity contribution is -0.134. The van der Waals surface area contributed by atoms with Gasteiger partial charge in [-0.3, -0.25) is 4.90 Å². The van der Waals surface area contributed by atoms with Gasteiger partial charge in [0.1, 0.15) is 22.9 Å². The van der Waals surface area contributed by atoms with E-state index in [2.05, 4.69) is 26.7 Å². The topological polar surface area (TPSA) is 76.7 Å². The van der Waals surface area contributed by atoms with Crippen molar-refractivity contribution < 1.29 is 9.47 Å². The highest BCUT2D eigenvalue weighted by molar-refractivity contribution is 8.00. The Labute approximate surface area is 146 Å². The summed E-state index contributed by atoms with van der Waals surface area (Å²) in [6.45, 7) is 9.09. The average molecular weight is 351 g/mol. The quantitative estimate of drug-likeness (QED) is 0.866. The largest absolute Gasteiger partial charge is 0.383 e. The normalized spacial score (nSPS) is 34.6. The predicted molar refractivity (Wildman–Crippen MR) is 93.3 cm³/mol. The van der Waals surface area contributed by atoms with E-state index in [1.807, 2.05) is 24.9 Å². The average Bonchev–Trinajstić information content (AvgIpc) is 3.06. The van der Waals surface area contributed by atoms with Crippen LogP contribution in [0.4, 0.5) is 5.82 Å². The Hall–Kier alpha value is -0.930. The fourth-order valence-corrected chi connectivity index (χ4v) is 5.57. The number of morpholine rings is 1. The van der Waals surface area contributed by atoms with Crippen molar-refractivity contribution in [2.24, 2.45) is 0 Å². The number of nitrogens with two attached hydrogens (primary N) is 1. The Morgan fingerprint density at radius 2 is 2.17 bits per heavy atom. The number of fused-ring (bicyclic) bond motifs is 1. The number of aromatic nitrogens is 2. The van der Waals surface area contributed by atoms with Crippen molar-refractivity contribution in [3.05, 3.63) is 17.6 Å². The van der Waals surface area contributed by atoms with Gasteiger partial charge in [0.05, 0.1) is 25.1 Å². The van der Waals surface area contributed by atoms with E-state index in [-0.39, 0.29) is 11.2 Å². The van der Waals surface area contributed by atoms with Crippen molar-refractivity contribution in [1.29, 1.82) is 0 Å². The minimum absolute atomic E-state index is 0.259. The molecule has 3 fully saturated rings. The van der Waals surface area contributed by atoms with E-state index >= 15 is 0 Å². The van der Waals surface area contributed by atoms with Gasteiger partial charge in [-0.25, -0.2) is 14.9 Å². The van der Waals surface area contributed by atoms with Gasteiger partial charge in [-0.2, -0.15) is 0 Å². The van der Waals surface area contributed by atoms with Crippen LogP contribution in [0.5, 0.6) is 0 Å². The highest BCUT2D eigenvalue weighted by Gasteiger charge is 2.56. The summed E-state index contributed by atoms with van der Waals surface area (Å²) in [4.78, 5) is 13.6. The van der Waals surface area contributed by atoms with Crippen LogP contribution in [0.25, 0.3) is 0 Å². The third-order valence-corrected chi connectivity index (χ3v) is 7.01. The third-order valence-electron chi connectivity index (χ3n) is 5.21. The van der Waals surface area contributed by atoms with E-state index in [1.54, 1.807) is 0 Å². The number of aryl methyl sites for hydroxylation is 1. The molecule has 2 N–H and O–H groups in total. The van der Waals surface area contributed by atoms with Crippen molar-refractivity contribution in [2.45, 2.75) is 43.3 Å². The molecule has 0 bridgehead atoms. The van der Waals surface area contributed by atoms with Gasteiger partial charge in [0.15, 0.2) is 0 Å². The molecule has 1 aromatic heterocycles. The van der Waals surface area contributed by atoms with Crippen LogP contribution in [-0.2, 0) is 16.0 Å². The summed E-state index contributed by atoms with van der Waals surface area (Å²) >= 11 is 2.01. The Balaban J connectivity index is 1.62. The summed E-state index contributed by atoms with van der Waals surface area (Å²) in [6, 6.07) is 0.